The summed E-state index contributed by atoms with van der Waals surface area (Å²) in [6.07, 6.45) is 8.96. The van der Waals surface area contributed by atoms with E-state index in [9.17, 15) is 4.79 Å². The van der Waals surface area contributed by atoms with Crippen molar-refractivity contribution in [2.24, 2.45) is 5.92 Å². The summed E-state index contributed by atoms with van der Waals surface area (Å²) in [5.41, 5.74) is 0.0351. The first-order valence-electron chi connectivity index (χ1n) is 8.26. The molecule has 1 unspecified atom stereocenters. The van der Waals surface area contributed by atoms with E-state index < -0.39 is 0 Å². The van der Waals surface area contributed by atoms with E-state index in [1.165, 1.54) is 12.8 Å². The summed E-state index contributed by atoms with van der Waals surface area (Å²) in [4.78, 5) is 12.4. The molecule has 4 nitrogen and oxygen atoms in total. The maximum atomic E-state index is 12.4. The van der Waals surface area contributed by atoms with Crippen LogP contribution in [0.15, 0.2) is 0 Å². The standard InChI is InChI=1S/C16H27NO3/c18-15(12-19-14-3-8-17-9-4-14)13-5-10-20-16(11-13)6-1-2-7-16/h13-14,17H,1-12H2. The van der Waals surface area contributed by atoms with Crippen LogP contribution in [-0.2, 0) is 14.3 Å². The fraction of sp³-hybridized carbons (Fsp3) is 0.938. The van der Waals surface area contributed by atoms with Crippen LogP contribution in [0.1, 0.15) is 51.4 Å². The van der Waals surface area contributed by atoms with Gasteiger partial charge in [-0.2, -0.15) is 0 Å². The number of carbonyl (C=O) groups is 1. The number of Topliss-reactive ketones (excluding diaryl/α,β-unsaturated/α-hetero) is 1. The molecule has 1 saturated carbocycles. The van der Waals surface area contributed by atoms with Crippen LogP contribution in [0, 0.1) is 5.92 Å². The number of piperidine rings is 1. The van der Waals surface area contributed by atoms with Gasteiger partial charge in [0.2, 0.25) is 0 Å². The minimum atomic E-state index is 0.0351. The molecule has 3 fully saturated rings. The Labute approximate surface area is 121 Å². The molecule has 2 heterocycles. The Morgan fingerprint density at radius 1 is 1.20 bits per heavy atom. The Bertz CT molecular complexity index is 333. The quantitative estimate of drug-likeness (QED) is 0.857. The van der Waals surface area contributed by atoms with Crippen molar-refractivity contribution in [2.75, 3.05) is 26.3 Å². The zero-order valence-electron chi connectivity index (χ0n) is 12.4. The molecule has 114 valence electrons. The summed E-state index contributed by atoms with van der Waals surface area (Å²) in [7, 11) is 0. The number of hydrogen-bond acceptors (Lipinski definition) is 4. The lowest BCUT2D eigenvalue weighted by Crippen LogP contribution is -2.41. The van der Waals surface area contributed by atoms with E-state index in [0.29, 0.717) is 12.4 Å². The van der Waals surface area contributed by atoms with Gasteiger partial charge in [0.05, 0.1) is 11.7 Å². The zero-order valence-corrected chi connectivity index (χ0v) is 12.4. The Balaban J connectivity index is 1.46. The molecule has 3 rings (SSSR count). The summed E-state index contributed by atoms with van der Waals surface area (Å²) in [5, 5.41) is 3.32. The molecular weight excluding hydrogens is 254 g/mol. The first-order valence-corrected chi connectivity index (χ1v) is 8.26. The van der Waals surface area contributed by atoms with Crippen molar-refractivity contribution in [3.63, 3.8) is 0 Å². The SMILES string of the molecule is O=C(COC1CCNCC1)C1CCOC2(CCCC2)C1. The van der Waals surface area contributed by atoms with Gasteiger partial charge in [0.15, 0.2) is 5.78 Å². The molecule has 2 saturated heterocycles. The molecule has 1 N–H and O–H groups in total. The Morgan fingerprint density at radius 2 is 1.95 bits per heavy atom. The van der Waals surface area contributed by atoms with E-state index in [1.807, 2.05) is 0 Å². The van der Waals surface area contributed by atoms with E-state index in [0.717, 1.165) is 58.2 Å². The maximum absolute atomic E-state index is 12.4. The molecule has 0 bridgehead atoms. The minimum Gasteiger partial charge on any atom is -0.375 e. The van der Waals surface area contributed by atoms with E-state index in [2.05, 4.69) is 5.32 Å². The summed E-state index contributed by atoms with van der Waals surface area (Å²) in [6.45, 7) is 3.09. The largest absolute Gasteiger partial charge is 0.375 e. The van der Waals surface area contributed by atoms with Gasteiger partial charge in [-0.15, -0.1) is 0 Å². The van der Waals surface area contributed by atoms with Gasteiger partial charge in [-0.25, -0.2) is 0 Å². The lowest BCUT2D eigenvalue weighted by molar-refractivity contribution is -0.142. The molecule has 1 aliphatic carbocycles. The van der Waals surface area contributed by atoms with Gasteiger partial charge in [-0.3, -0.25) is 4.79 Å². The van der Waals surface area contributed by atoms with Crippen molar-refractivity contribution in [2.45, 2.75) is 63.1 Å². The number of rotatable bonds is 4. The highest BCUT2D eigenvalue weighted by Crippen LogP contribution is 2.42. The molecule has 3 aliphatic rings. The van der Waals surface area contributed by atoms with E-state index in [4.69, 9.17) is 9.47 Å². The number of nitrogens with one attached hydrogen (secondary N) is 1. The van der Waals surface area contributed by atoms with Gasteiger partial charge in [-0.05, 0) is 51.6 Å². The van der Waals surface area contributed by atoms with Crippen LogP contribution in [0.2, 0.25) is 0 Å². The molecule has 20 heavy (non-hydrogen) atoms. The van der Waals surface area contributed by atoms with Crippen molar-refractivity contribution in [1.29, 1.82) is 0 Å². The maximum Gasteiger partial charge on any atom is 0.161 e. The predicted molar refractivity (Wildman–Crippen MR) is 76.7 cm³/mol. The van der Waals surface area contributed by atoms with Gasteiger partial charge < -0.3 is 14.8 Å². The predicted octanol–water partition coefficient (Wildman–Crippen LogP) is 2.06. The van der Waals surface area contributed by atoms with E-state index in [1.54, 1.807) is 0 Å². The second kappa shape index (κ2) is 6.54. The number of carbonyl (C=O) groups excluding carboxylic acids is 1. The lowest BCUT2D eigenvalue weighted by atomic mass is 9.82. The van der Waals surface area contributed by atoms with E-state index >= 15 is 0 Å². The highest BCUT2D eigenvalue weighted by atomic mass is 16.5. The summed E-state index contributed by atoms with van der Waals surface area (Å²) in [5.74, 6) is 0.474. The molecule has 0 aromatic carbocycles. The molecule has 2 aliphatic heterocycles. The van der Waals surface area contributed by atoms with Crippen LogP contribution in [-0.4, -0.2) is 43.8 Å². The van der Waals surface area contributed by atoms with Crippen LogP contribution in [0.3, 0.4) is 0 Å². The second-order valence-corrected chi connectivity index (χ2v) is 6.65. The molecule has 1 spiro atoms. The average molecular weight is 281 g/mol. The van der Waals surface area contributed by atoms with Crippen LogP contribution in [0.5, 0.6) is 0 Å². The summed E-state index contributed by atoms with van der Waals surface area (Å²) in [6, 6.07) is 0. The van der Waals surface area contributed by atoms with Gasteiger partial charge >= 0.3 is 0 Å². The van der Waals surface area contributed by atoms with Crippen molar-refractivity contribution in [1.82, 2.24) is 5.32 Å². The van der Waals surface area contributed by atoms with Crippen molar-refractivity contribution >= 4 is 5.78 Å². The fourth-order valence-corrected chi connectivity index (χ4v) is 3.95. The van der Waals surface area contributed by atoms with Crippen molar-refractivity contribution in [3.8, 4) is 0 Å². The molecule has 0 aromatic heterocycles. The molecule has 0 amide bonds. The third-order valence-corrected chi connectivity index (χ3v) is 5.21. The first-order chi connectivity index (χ1) is 9.77. The van der Waals surface area contributed by atoms with Crippen molar-refractivity contribution < 1.29 is 14.3 Å². The molecule has 4 heteroatoms. The molecular formula is C16H27NO3. The highest BCUT2D eigenvalue weighted by molar-refractivity contribution is 5.82. The van der Waals surface area contributed by atoms with Crippen LogP contribution in [0.4, 0.5) is 0 Å². The third kappa shape index (κ3) is 3.41. The Kier molecular flexibility index (Phi) is 4.74. The van der Waals surface area contributed by atoms with E-state index in [-0.39, 0.29) is 17.6 Å². The Hall–Kier alpha value is -0.450. The molecule has 1 atom stereocenters. The third-order valence-electron chi connectivity index (χ3n) is 5.21. The second-order valence-electron chi connectivity index (χ2n) is 6.65. The van der Waals surface area contributed by atoms with Gasteiger partial charge in [0, 0.05) is 12.5 Å². The monoisotopic (exact) mass is 281 g/mol. The normalized spacial score (nSPS) is 30.7. The first kappa shape index (κ1) is 14.5. The smallest absolute Gasteiger partial charge is 0.161 e. The molecule has 0 aromatic rings. The highest BCUT2D eigenvalue weighted by Gasteiger charge is 2.41. The average Bonchev–Trinajstić information content (AvgIpc) is 2.93. The summed E-state index contributed by atoms with van der Waals surface area (Å²) >= 11 is 0. The lowest BCUT2D eigenvalue weighted by Gasteiger charge is -2.37. The van der Waals surface area contributed by atoms with Crippen molar-refractivity contribution in [3.05, 3.63) is 0 Å². The fourth-order valence-electron chi connectivity index (χ4n) is 3.95. The zero-order chi connectivity index (χ0) is 13.8. The van der Waals surface area contributed by atoms with Gasteiger partial charge in [0.1, 0.15) is 6.61 Å². The summed E-state index contributed by atoms with van der Waals surface area (Å²) < 4.78 is 11.8. The van der Waals surface area contributed by atoms with Gasteiger partial charge in [-0.1, -0.05) is 12.8 Å². The van der Waals surface area contributed by atoms with Crippen LogP contribution < -0.4 is 5.32 Å². The van der Waals surface area contributed by atoms with Crippen LogP contribution >= 0.6 is 0 Å². The topological polar surface area (TPSA) is 47.6 Å². The molecule has 0 radical (unpaired) electrons. The van der Waals surface area contributed by atoms with Crippen LogP contribution in [0.25, 0.3) is 0 Å². The number of ether oxygens (including phenoxy) is 2. The Morgan fingerprint density at radius 3 is 2.70 bits per heavy atom. The number of ketones is 1. The van der Waals surface area contributed by atoms with Gasteiger partial charge in [0.25, 0.3) is 0 Å². The number of hydrogen-bond donors (Lipinski definition) is 1. The minimum absolute atomic E-state index is 0.0351.